The molecule has 9 nitrogen and oxygen atoms in total. The lowest BCUT2D eigenvalue weighted by atomic mass is 9.87. The highest BCUT2D eigenvalue weighted by Gasteiger charge is 2.51. The Morgan fingerprint density at radius 3 is 2.39 bits per heavy atom. The van der Waals surface area contributed by atoms with Crippen molar-refractivity contribution >= 4 is 40.6 Å². The first-order valence-corrected chi connectivity index (χ1v) is 8.82. The van der Waals surface area contributed by atoms with Crippen LogP contribution >= 0.6 is 12.2 Å². The maximum Gasteiger partial charge on any atom is 0.344 e. The maximum atomic E-state index is 13.0. The number of benzene rings is 2. The normalized spacial score (nSPS) is 18.5. The third kappa shape index (κ3) is 3.49. The molecule has 1 aliphatic heterocycles. The Balaban J connectivity index is 1.73. The number of hydrogen-bond donors (Lipinski definition) is 3. The van der Waals surface area contributed by atoms with Gasteiger partial charge in [0.15, 0.2) is 5.11 Å². The molecule has 3 N–H and O–H groups in total. The summed E-state index contributed by atoms with van der Waals surface area (Å²) in [6.45, 7) is 1.81. The number of carbonyl (C=O) groups is 2. The Bertz CT molecular complexity index is 935. The highest BCUT2D eigenvalue weighted by molar-refractivity contribution is 7.80. The van der Waals surface area contributed by atoms with Crippen LogP contribution in [0.4, 0.5) is 16.2 Å². The van der Waals surface area contributed by atoms with Crippen molar-refractivity contribution in [2.45, 2.75) is 18.9 Å². The lowest BCUT2D eigenvalue weighted by Gasteiger charge is -2.25. The Morgan fingerprint density at radius 1 is 1.18 bits per heavy atom. The van der Waals surface area contributed by atoms with E-state index in [1.807, 2.05) is 13.0 Å². The van der Waals surface area contributed by atoms with Gasteiger partial charge in [0.2, 0.25) is 0 Å². The maximum absolute atomic E-state index is 13.0. The number of imide groups is 1. The van der Waals surface area contributed by atoms with Gasteiger partial charge < -0.3 is 10.6 Å². The minimum atomic E-state index is -1.17. The number of hydrazine groups is 1. The Kier molecular flexibility index (Phi) is 5.23. The van der Waals surface area contributed by atoms with Crippen LogP contribution in [-0.4, -0.2) is 27.0 Å². The fourth-order valence-electron chi connectivity index (χ4n) is 2.97. The molecule has 0 aromatic heterocycles. The largest absolute Gasteiger partial charge is 0.344 e. The quantitative estimate of drug-likeness (QED) is 0.306. The molecule has 0 spiro atoms. The fraction of sp³-hybridized carbons (Fsp3) is 0.167. The third-order valence-electron chi connectivity index (χ3n) is 4.44. The molecule has 1 fully saturated rings. The summed E-state index contributed by atoms with van der Waals surface area (Å²) in [5, 5.41) is 17.0. The van der Waals surface area contributed by atoms with Crippen molar-refractivity contribution in [3.8, 4) is 0 Å². The molecular weight excluding hydrogens is 382 g/mol. The number of nitrogens with one attached hydrogen (secondary N) is 3. The minimum Gasteiger partial charge on any atom is -0.331 e. The van der Waals surface area contributed by atoms with Gasteiger partial charge in [0.05, 0.1) is 4.92 Å². The average molecular weight is 399 g/mol. The third-order valence-corrected chi connectivity index (χ3v) is 4.63. The van der Waals surface area contributed by atoms with Gasteiger partial charge in [-0.25, -0.2) is 4.79 Å². The number of nitro benzene ring substituents is 1. The lowest BCUT2D eigenvalue weighted by Crippen LogP contribution is -2.49. The number of anilines is 1. The zero-order valence-corrected chi connectivity index (χ0v) is 15.7. The molecule has 0 bridgehead atoms. The molecule has 0 unspecified atom stereocenters. The number of amides is 3. The molecule has 1 atom stereocenters. The summed E-state index contributed by atoms with van der Waals surface area (Å²) in [6.07, 6.45) is 0.363. The Morgan fingerprint density at radius 2 is 1.82 bits per heavy atom. The van der Waals surface area contributed by atoms with Crippen molar-refractivity contribution in [1.29, 1.82) is 0 Å². The molecule has 3 rings (SSSR count). The predicted molar refractivity (Wildman–Crippen MR) is 106 cm³/mol. The van der Waals surface area contributed by atoms with Crippen LogP contribution in [-0.2, 0) is 10.3 Å². The second-order valence-corrected chi connectivity index (χ2v) is 6.47. The van der Waals surface area contributed by atoms with Gasteiger partial charge in [0.25, 0.3) is 11.6 Å². The molecule has 2 aromatic carbocycles. The van der Waals surface area contributed by atoms with Crippen LogP contribution in [0.25, 0.3) is 0 Å². The number of carbonyl (C=O) groups excluding carboxylic acids is 2. The zero-order valence-electron chi connectivity index (χ0n) is 14.8. The summed E-state index contributed by atoms with van der Waals surface area (Å²) in [5.41, 5.74) is 2.50. The van der Waals surface area contributed by atoms with Crippen LogP contribution in [0.3, 0.4) is 0 Å². The van der Waals surface area contributed by atoms with Crippen LogP contribution < -0.4 is 16.1 Å². The van der Waals surface area contributed by atoms with Gasteiger partial charge in [0.1, 0.15) is 5.54 Å². The molecule has 0 aliphatic carbocycles. The lowest BCUT2D eigenvalue weighted by molar-refractivity contribution is -0.384. The van der Waals surface area contributed by atoms with Gasteiger partial charge in [-0.3, -0.25) is 20.3 Å². The smallest absolute Gasteiger partial charge is 0.331 e. The van der Waals surface area contributed by atoms with Crippen LogP contribution in [0.2, 0.25) is 0 Å². The summed E-state index contributed by atoms with van der Waals surface area (Å²) in [5.74, 6) is -0.473. The van der Waals surface area contributed by atoms with Gasteiger partial charge in [-0.15, -0.1) is 0 Å². The van der Waals surface area contributed by atoms with E-state index in [1.165, 1.54) is 24.3 Å². The molecular formula is C18H17N5O4S. The van der Waals surface area contributed by atoms with Crippen molar-refractivity contribution in [1.82, 2.24) is 15.8 Å². The number of nitrogens with zero attached hydrogens (tertiary/aromatic N) is 2. The summed E-state index contributed by atoms with van der Waals surface area (Å²) in [7, 11) is 0. The standard InChI is InChI=1S/C18H17N5O4S/c1-2-18(12-6-4-3-5-7-12)15(24)22(17(25)20-18)21-16(28)19-13-8-10-14(11-9-13)23(26)27/h3-11H,2H2,1H3,(H,20,25)(H2,19,21,28)/t18-/m1/s1. The number of hydrogen-bond acceptors (Lipinski definition) is 5. The molecule has 3 amide bonds. The number of non-ortho nitro benzene ring substituents is 1. The molecule has 144 valence electrons. The van der Waals surface area contributed by atoms with E-state index in [0.717, 1.165) is 5.01 Å². The first-order chi connectivity index (χ1) is 13.4. The van der Waals surface area contributed by atoms with Gasteiger partial charge in [-0.2, -0.15) is 5.01 Å². The second kappa shape index (κ2) is 7.61. The Hall–Kier alpha value is -3.53. The van der Waals surface area contributed by atoms with Gasteiger partial charge in [-0.05, 0) is 36.3 Å². The molecule has 2 aromatic rings. The summed E-state index contributed by atoms with van der Waals surface area (Å²) in [4.78, 5) is 35.6. The van der Waals surface area contributed by atoms with E-state index in [9.17, 15) is 19.7 Å². The van der Waals surface area contributed by atoms with E-state index >= 15 is 0 Å². The van der Waals surface area contributed by atoms with E-state index < -0.39 is 22.4 Å². The van der Waals surface area contributed by atoms with Gasteiger partial charge in [0, 0.05) is 17.8 Å². The van der Waals surface area contributed by atoms with Crippen molar-refractivity contribution in [3.63, 3.8) is 0 Å². The van der Waals surface area contributed by atoms with Gasteiger partial charge in [-0.1, -0.05) is 37.3 Å². The van der Waals surface area contributed by atoms with Crippen LogP contribution in [0.5, 0.6) is 0 Å². The molecule has 10 heteroatoms. The molecule has 28 heavy (non-hydrogen) atoms. The van der Waals surface area contributed by atoms with E-state index in [-0.39, 0.29) is 10.8 Å². The monoisotopic (exact) mass is 399 g/mol. The molecule has 1 aliphatic rings. The minimum absolute atomic E-state index is 0.00248. The molecule has 1 saturated heterocycles. The molecule has 0 radical (unpaired) electrons. The van der Waals surface area contributed by atoms with E-state index in [2.05, 4.69) is 16.1 Å². The number of thiocarbonyl (C=S) groups is 1. The first kappa shape index (κ1) is 19.2. The van der Waals surface area contributed by atoms with Gasteiger partial charge >= 0.3 is 6.03 Å². The number of rotatable bonds is 5. The Labute approximate surface area is 165 Å². The van der Waals surface area contributed by atoms with Crippen LogP contribution in [0.1, 0.15) is 18.9 Å². The van der Waals surface area contributed by atoms with Crippen molar-refractivity contribution in [2.75, 3.05) is 5.32 Å². The topological polar surface area (TPSA) is 117 Å². The highest BCUT2D eigenvalue weighted by atomic mass is 32.1. The van der Waals surface area contributed by atoms with Crippen molar-refractivity contribution in [2.24, 2.45) is 0 Å². The number of nitro groups is 1. The van der Waals surface area contributed by atoms with E-state index in [1.54, 1.807) is 24.3 Å². The zero-order chi connectivity index (χ0) is 20.3. The summed E-state index contributed by atoms with van der Waals surface area (Å²) in [6, 6.07) is 13.9. The molecule has 0 saturated carbocycles. The first-order valence-electron chi connectivity index (χ1n) is 8.41. The van der Waals surface area contributed by atoms with Crippen LogP contribution in [0, 0.1) is 10.1 Å². The second-order valence-electron chi connectivity index (χ2n) is 6.07. The van der Waals surface area contributed by atoms with Crippen molar-refractivity contribution in [3.05, 3.63) is 70.3 Å². The predicted octanol–water partition coefficient (Wildman–Crippen LogP) is 2.65. The number of urea groups is 1. The summed E-state index contributed by atoms with van der Waals surface area (Å²) >= 11 is 5.16. The molecule has 1 heterocycles. The van der Waals surface area contributed by atoms with E-state index in [0.29, 0.717) is 17.7 Å². The van der Waals surface area contributed by atoms with Crippen molar-refractivity contribution < 1.29 is 14.5 Å². The highest BCUT2D eigenvalue weighted by Crippen LogP contribution is 2.31. The average Bonchev–Trinajstić information content (AvgIpc) is 2.94. The fourth-order valence-corrected chi connectivity index (χ4v) is 3.17. The SMILES string of the molecule is CC[C@]1(c2ccccc2)NC(=O)N(NC(=S)Nc2ccc([N+](=O)[O-])cc2)C1=O. The van der Waals surface area contributed by atoms with Crippen LogP contribution in [0.15, 0.2) is 54.6 Å². The van der Waals surface area contributed by atoms with E-state index in [4.69, 9.17) is 12.2 Å². The summed E-state index contributed by atoms with van der Waals surface area (Å²) < 4.78 is 0.